The molecule has 2 unspecified atom stereocenters. The van der Waals surface area contributed by atoms with E-state index >= 15 is 0 Å². The van der Waals surface area contributed by atoms with Crippen LogP contribution < -0.4 is 5.32 Å². The van der Waals surface area contributed by atoms with Crippen LogP contribution in [-0.2, 0) is 4.74 Å². The molecule has 1 aromatic heterocycles. The van der Waals surface area contributed by atoms with Gasteiger partial charge in [-0.05, 0) is 49.1 Å². The topological polar surface area (TPSA) is 21.3 Å². The molecule has 3 atom stereocenters. The van der Waals surface area contributed by atoms with Crippen LogP contribution in [0, 0.1) is 0 Å². The highest BCUT2D eigenvalue weighted by atomic mass is 32.2. The van der Waals surface area contributed by atoms with E-state index in [1.165, 1.54) is 16.2 Å². The lowest BCUT2D eigenvalue weighted by atomic mass is 9.85. The fraction of sp³-hybridized carbons (Fsp3) is 0.765. The van der Waals surface area contributed by atoms with Crippen molar-refractivity contribution in [1.82, 2.24) is 5.32 Å². The standard InChI is InChI=1S/C17H27NOS2/c1-4-17(5-2)11-13(6-8-19-17)18-15-10-12(3)21-16-14(15)7-9-20-16/h7,9,12-13,15,18H,4-6,8,10-11H2,1-3H3/t12-,13?,15?/m0/s1. The van der Waals surface area contributed by atoms with E-state index in [4.69, 9.17) is 4.74 Å². The average Bonchev–Trinajstić information content (AvgIpc) is 2.95. The lowest BCUT2D eigenvalue weighted by Gasteiger charge is -2.42. The molecule has 0 saturated carbocycles. The zero-order chi connectivity index (χ0) is 14.9. The predicted octanol–water partition coefficient (Wildman–Crippen LogP) is 5.00. The maximum atomic E-state index is 6.12. The van der Waals surface area contributed by atoms with E-state index in [9.17, 15) is 0 Å². The summed E-state index contributed by atoms with van der Waals surface area (Å²) >= 11 is 3.95. The molecule has 2 aliphatic heterocycles. The number of ether oxygens (including phenoxy) is 1. The van der Waals surface area contributed by atoms with Crippen LogP contribution in [0.1, 0.15) is 64.5 Å². The molecule has 0 amide bonds. The number of thioether (sulfide) groups is 1. The summed E-state index contributed by atoms with van der Waals surface area (Å²) in [6.07, 6.45) is 5.82. The predicted molar refractivity (Wildman–Crippen MR) is 92.4 cm³/mol. The zero-order valence-corrected chi connectivity index (χ0v) is 15.0. The van der Waals surface area contributed by atoms with Crippen molar-refractivity contribution in [3.05, 3.63) is 17.0 Å². The van der Waals surface area contributed by atoms with Gasteiger partial charge in [0.05, 0.1) is 9.81 Å². The monoisotopic (exact) mass is 325 g/mol. The van der Waals surface area contributed by atoms with E-state index in [1.807, 2.05) is 23.1 Å². The Morgan fingerprint density at radius 2 is 2.19 bits per heavy atom. The molecule has 2 nitrogen and oxygen atoms in total. The SMILES string of the molecule is CCC1(CC)CC(NC2C[C@H](C)Sc3sccc32)CCO1. The summed E-state index contributed by atoms with van der Waals surface area (Å²) in [7, 11) is 0. The smallest absolute Gasteiger partial charge is 0.0692 e. The number of nitrogens with one attached hydrogen (secondary N) is 1. The van der Waals surface area contributed by atoms with Crippen LogP contribution in [0.5, 0.6) is 0 Å². The van der Waals surface area contributed by atoms with Crippen molar-refractivity contribution in [2.75, 3.05) is 6.61 Å². The maximum Gasteiger partial charge on any atom is 0.0692 e. The van der Waals surface area contributed by atoms with E-state index in [0.717, 1.165) is 37.5 Å². The second kappa shape index (κ2) is 6.61. The van der Waals surface area contributed by atoms with Crippen molar-refractivity contribution < 1.29 is 4.74 Å². The van der Waals surface area contributed by atoms with E-state index in [2.05, 4.69) is 37.5 Å². The van der Waals surface area contributed by atoms with Gasteiger partial charge in [-0.1, -0.05) is 20.8 Å². The van der Waals surface area contributed by atoms with Crippen LogP contribution in [0.15, 0.2) is 15.7 Å². The van der Waals surface area contributed by atoms with Gasteiger partial charge in [-0.25, -0.2) is 0 Å². The second-order valence-corrected chi connectivity index (χ2v) is 9.10. The van der Waals surface area contributed by atoms with E-state index in [-0.39, 0.29) is 5.60 Å². The first kappa shape index (κ1) is 15.9. The third-order valence-electron chi connectivity index (χ3n) is 5.13. The fourth-order valence-corrected chi connectivity index (χ4v) is 6.27. The summed E-state index contributed by atoms with van der Waals surface area (Å²) in [5.74, 6) is 0. The largest absolute Gasteiger partial charge is 0.375 e. The Labute approximate surface area is 137 Å². The molecule has 1 saturated heterocycles. The normalized spacial score (nSPS) is 31.9. The number of rotatable bonds is 4. The Kier molecular flexibility index (Phi) is 4.99. The van der Waals surface area contributed by atoms with Crippen LogP contribution in [0.2, 0.25) is 0 Å². The van der Waals surface area contributed by atoms with Gasteiger partial charge in [0, 0.05) is 23.9 Å². The minimum atomic E-state index is 0.114. The molecule has 2 aliphatic rings. The summed E-state index contributed by atoms with van der Waals surface area (Å²) < 4.78 is 7.64. The third-order valence-corrected chi connectivity index (χ3v) is 7.47. The molecule has 1 aromatic rings. The number of hydrogen-bond donors (Lipinski definition) is 1. The number of hydrogen-bond acceptors (Lipinski definition) is 4. The Hall–Kier alpha value is -0.0300. The molecule has 3 rings (SSSR count). The maximum absolute atomic E-state index is 6.12. The quantitative estimate of drug-likeness (QED) is 0.841. The van der Waals surface area contributed by atoms with Crippen molar-refractivity contribution in [3.63, 3.8) is 0 Å². The molecule has 0 spiro atoms. The van der Waals surface area contributed by atoms with Crippen molar-refractivity contribution in [1.29, 1.82) is 0 Å². The van der Waals surface area contributed by atoms with Crippen molar-refractivity contribution in [3.8, 4) is 0 Å². The summed E-state index contributed by atoms with van der Waals surface area (Å²) in [5, 5.41) is 6.93. The molecular weight excluding hydrogens is 298 g/mol. The molecule has 3 heterocycles. The minimum absolute atomic E-state index is 0.114. The number of fused-ring (bicyclic) bond motifs is 1. The van der Waals surface area contributed by atoms with Gasteiger partial charge in [0.25, 0.3) is 0 Å². The lowest BCUT2D eigenvalue weighted by Crippen LogP contribution is -2.47. The van der Waals surface area contributed by atoms with Gasteiger partial charge >= 0.3 is 0 Å². The fourth-order valence-electron chi connectivity index (χ4n) is 3.70. The lowest BCUT2D eigenvalue weighted by molar-refractivity contribution is -0.0942. The molecule has 0 bridgehead atoms. The first-order valence-electron chi connectivity index (χ1n) is 8.30. The Bertz CT molecular complexity index is 469. The molecule has 1 N–H and O–H groups in total. The van der Waals surface area contributed by atoms with Gasteiger partial charge < -0.3 is 10.1 Å². The van der Waals surface area contributed by atoms with Gasteiger partial charge in [-0.15, -0.1) is 23.1 Å². The number of thiophene rings is 1. The summed E-state index contributed by atoms with van der Waals surface area (Å²) in [6.45, 7) is 7.80. The van der Waals surface area contributed by atoms with Gasteiger partial charge in [0.15, 0.2) is 0 Å². The minimum Gasteiger partial charge on any atom is -0.375 e. The summed E-state index contributed by atoms with van der Waals surface area (Å²) in [5.41, 5.74) is 1.65. The molecule has 21 heavy (non-hydrogen) atoms. The third kappa shape index (κ3) is 3.34. The van der Waals surface area contributed by atoms with Gasteiger partial charge in [0.1, 0.15) is 0 Å². The van der Waals surface area contributed by atoms with E-state index in [0.29, 0.717) is 12.1 Å². The molecular formula is C17H27NOS2. The van der Waals surface area contributed by atoms with Crippen LogP contribution in [0.3, 0.4) is 0 Å². The highest BCUT2D eigenvalue weighted by molar-refractivity contribution is 8.01. The van der Waals surface area contributed by atoms with Crippen molar-refractivity contribution in [2.45, 2.75) is 80.0 Å². The van der Waals surface area contributed by atoms with Crippen LogP contribution >= 0.6 is 23.1 Å². The zero-order valence-electron chi connectivity index (χ0n) is 13.4. The first-order valence-corrected chi connectivity index (χ1v) is 10.1. The molecule has 1 fully saturated rings. The highest BCUT2D eigenvalue weighted by Gasteiger charge is 2.36. The van der Waals surface area contributed by atoms with Crippen LogP contribution in [-0.4, -0.2) is 23.5 Å². The van der Waals surface area contributed by atoms with Gasteiger partial charge in [0.2, 0.25) is 0 Å². The first-order chi connectivity index (χ1) is 10.2. The Morgan fingerprint density at radius 3 is 2.95 bits per heavy atom. The van der Waals surface area contributed by atoms with Gasteiger partial charge in [-0.2, -0.15) is 0 Å². The second-order valence-electron chi connectivity index (χ2n) is 6.48. The molecule has 0 aliphatic carbocycles. The molecule has 4 heteroatoms. The molecule has 118 valence electrons. The Balaban J connectivity index is 1.70. The van der Waals surface area contributed by atoms with Crippen molar-refractivity contribution >= 4 is 23.1 Å². The summed E-state index contributed by atoms with van der Waals surface area (Å²) in [6, 6.07) is 3.46. The molecule has 0 radical (unpaired) electrons. The Morgan fingerprint density at radius 1 is 1.38 bits per heavy atom. The highest BCUT2D eigenvalue weighted by Crippen LogP contribution is 2.44. The van der Waals surface area contributed by atoms with Crippen LogP contribution in [0.4, 0.5) is 0 Å². The molecule has 0 aromatic carbocycles. The van der Waals surface area contributed by atoms with Gasteiger partial charge in [-0.3, -0.25) is 0 Å². The van der Waals surface area contributed by atoms with E-state index in [1.54, 1.807) is 0 Å². The van der Waals surface area contributed by atoms with E-state index < -0.39 is 0 Å². The average molecular weight is 326 g/mol. The summed E-state index contributed by atoms with van der Waals surface area (Å²) in [4.78, 5) is 0. The van der Waals surface area contributed by atoms with Crippen LogP contribution in [0.25, 0.3) is 0 Å². The van der Waals surface area contributed by atoms with Crippen molar-refractivity contribution in [2.24, 2.45) is 0 Å².